The molecular weight excluding hydrogens is 581 g/mol. The zero-order valence-corrected chi connectivity index (χ0v) is 26.6. The molecule has 1 heterocycles. The van der Waals surface area contributed by atoms with Gasteiger partial charge in [-0.05, 0) is 95.1 Å². The molecule has 0 saturated heterocycles. The Morgan fingerprint density at radius 2 is 1.08 bits per heavy atom. The summed E-state index contributed by atoms with van der Waals surface area (Å²) in [7, 11) is 0. The molecule has 7 aromatic carbocycles. The van der Waals surface area contributed by atoms with Crippen LogP contribution in [0.3, 0.4) is 0 Å². The first-order chi connectivity index (χ1) is 23.8. The minimum absolute atomic E-state index is 1.10. The smallest absolute Gasteiger partial charge is 0.0547 e. The van der Waals surface area contributed by atoms with E-state index in [2.05, 4.69) is 191 Å². The van der Waals surface area contributed by atoms with Gasteiger partial charge in [0.15, 0.2) is 0 Å². The van der Waals surface area contributed by atoms with E-state index in [1.807, 2.05) is 0 Å². The van der Waals surface area contributed by atoms with Crippen molar-refractivity contribution in [1.29, 1.82) is 0 Å². The van der Waals surface area contributed by atoms with Crippen LogP contribution in [0.1, 0.15) is 18.4 Å². The van der Waals surface area contributed by atoms with Crippen molar-refractivity contribution in [2.75, 3.05) is 4.90 Å². The molecule has 1 aliphatic rings. The van der Waals surface area contributed by atoms with Crippen molar-refractivity contribution in [3.05, 3.63) is 188 Å². The SMILES string of the molecule is C1=CC(c2ccc(N(c3ccc(-c4ccccc4)cc3)c3cccc4c3ccc3c4c4ccccc4n3-c3ccccc3)cc2)=CCC1. The molecule has 1 aromatic heterocycles. The van der Waals surface area contributed by atoms with Crippen LogP contribution >= 0.6 is 0 Å². The van der Waals surface area contributed by atoms with Gasteiger partial charge in [0.2, 0.25) is 0 Å². The van der Waals surface area contributed by atoms with Gasteiger partial charge in [0, 0.05) is 33.2 Å². The van der Waals surface area contributed by atoms with Crippen molar-refractivity contribution in [2.24, 2.45) is 0 Å². The topological polar surface area (TPSA) is 8.17 Å². The molecule has 0 bridgehead atoms. The second-order valence-electron chi connectivity index (χ2n) is 12.5. The maximum atomic E-state index is 2.41. The van der Waals surface area contributed by atoms with Crippen molar-refractivity contribution < 1.29 is 0 Å². The van der Waals surface area contributed by atoms with Gasteiger partial charge in [-0.2, -0.15) is 0 Å². The second kappa shape index (κ2) is 11.9. The van der Waals surface area contributed by atoms with Crippen LogP contribution in [0.5, 0.6) is 0 Å². The average molecular weight is 615 g/mol. The van der Waals surface area contributed by atoms with Crippen molar-refractivity contribution in [1.82, 2.24) is 4.57 Å². The Kier molecular flexibility index (Phi) is 6.98. The predicted octanol–water partition coefficient (Wildman–Crippen LogP) is 12.8. The molecule has 0 unspecified atom stereocenters. The number of anilines is 3. The van der Waals surface area contributed by atoms with Crippen LogP contribution in [0.4, 0.5) is 17.1 Å². The summed E-state index contributed by atoms with van der Waals surface area (Å²) in [5.41, 5.74) is 12.0. The van der Waals surface area contributed by atoms with Crippen molar-refractivity contribution in [2.45, 2.75) is 12.8 Å². The van der Waals surface area contributed by atoms with E-state index in [4.69, 9.17) is 0 Å². The highest BCUT2D eigenvalue weighted by atomic mass is 15.1. The van der Waals surface area contributed by atoms with Gasteiger partial charge >= 0.3 is 0 Å². The van der Waals surface area contributed by atoms with Crippen molar-refractivity contribution in [3.8, 4) is 16.8 Å². The molecule has 9 rings (SSSR count). The van der Waals surface area contributed by atoms with Crippen molar-refractivity contribution in [3.63, 3.8) is 0 Å². The Hall–Kier alpha value is -6.12. The molecular formula is C46H34N2. The van der Waals surface area contributed by atoms with E-state index in [-0.39, 0.29) is 0 Å². The zero-order chi connectivity index (χ0) is 31.9. The van der Waals surface area contributed by atoms with E-state index in [1.165, 1.54) is 60.5 Å². The molecule has 8 aromatic rings. The number of aromatic nitrogens is 1. The largest absolute Gasteiger partial charge is 0.310 e. The highest BCUT2D eigenvalue weighted by Crippen LogP contribution is 2.44. The van der Waals surface area contributed by atoms with Gasteiger partial charge in [0.1, 0.15) is 0 Å². The van der Waals surface area contributed by atoms with E-state index in [0.717, 1.165) is 29.9 Å². The molecule has 0 atom stereocenters. The van der Waals surface area contributed by atoms with Gasteiger partial charge in [0.25, 0.3) is 0 Å². The Morgan fingerprint density at radius 3 is 1.81 bits per heavy atom. The third kappa shape index (κ3) is 4.82. The van der Waals surface area contributed by atoms with Gasteiger partial charge in [-0.25, -0.2) is 0 Å². The van der Waals surface area contributed by atoms with Gasteiger partial charge in [0.05, 0.1) is 16.7 Å². The summed E-state index contributed by atoms with van der Waals surface area (Å²) >= 11 is 0. The molecule has 48 heavy (non-hydrogen) atoms. The van der Waals surface area contributed by atoms with Crippen LogP contribution in [0.2, 0.25) is 0 Å². The summed E-state index contributed by atoms with van der Waals surface area (Å²) in [6.45, 7) is 0. The molecule has 0 fully saturated rings. The molecule has 1 aliphatic carbocycles. The first kappa shape index (κ1) is 28.1. The molecule has 0 radical (unpaired) electrons. The van der Waals surface area contributed by atoms with Crippen LogP contribution < -0.4 is 4.90 Å². The van der Waals surface area contributed by atoms with Gasteiger partial charge < -0.3 is 9.47 Å². The summed E-state index contributed by atoms with van der Waals surface area (Å²) in [4.78, 5) is 2.41. The Bertz CT molecular complexity index is 2470. The molecule has 0 saturated carbocycles. The molecule has 0 spiro atoms. The van der Waals surface area contributed by atoms with Crippen LogP contribution in [-0.4, -0.2) is 4.57 Å². The minimum atomic E-state index is 1.10. The summed E-state index contributed by atoms with van der Waals surface area (Å²) in [6, 6.07) is 59.5. The Labute approximate surface area is 281 Å². The van der Waals surface area contributed by atoms with E-state index >= 15 is 0 Å². The maximum Gasteiger partial charge on any atom is 0.0547 e. The molecule has 0 N–H and O–H groups in total. The lowest BCUT2D eigenvalue weighted by molar-refractivity contribution is 1.04. The number of allylic oxidation sites excluding steroid dienone is 4. The predicted molar refractivity (Wildman–Crippen MR) is 205 cm³/mol. The highest BCUT2D eigenvalue weighted by molar-refractivity contribution is 6.23. The number of para-hydroxylation sites is 2. The fraction of sp³-hybridized carbons (Fsp3) is 0.0435. The molecule has 0 aliphatic heterocycles. The number of hydrogen-bond acceptors (Lipinski definition) is 1. The third-order valence-electron chi connectivity index (χ3n) is 9.61. The van der Waals surface area contributed by atoms with Crippen LogP contribution in [0.25, 0.3) is 55.0 Å². The standard InChI is InChI=1S/C46H34N2/c1-4-13-33(14-5-1)35-23-27-38(28-24-35)47(39-29-25-36(26-30-39)34-15-6-2-7-16-34)43-22-12-20-41-40(43)31-32-45-46(41)42-19-10-11-21-44(42)48(45)37-17-8-3-9-18-37/h1,3-6,8-32H,2,7H2. The summed E-state index contributed by atoms with van der Waals surface area (Å²) in [5.74, 6) is 0. The fourth-order valence-corrected chi connectivity index (χ4v) is 7.35. The lowest BCUT2D eigenvalue weighted by atomic mass is 9.98. The third-order valence-corrected chi connectivity index (χ3v) is 9.61. The van der Waals surface area contributed by atoms with Crippen LogP contribution in [-0.2, 0) is 0 Å². The molecule has 0 amide bonds. The van der Waals surface area contributed by atoms with Gasteiger partial charge in [-0.3, -0.25) is 0 Å². The van der Waals surface area contributed by atoms with Crippen LogP contribution in [0, 0.1) is 0 Å². The maximum absolute atomic E-state index is 2.41. The van der Waals surface area contributed by atoms with E-state index < -0.39 is 0 Å². The first-order valence-corrected chi connectivity index (χ1v) is 16.8. The minimum Gasteiger partial charge on any atom is -0.310 e. The van der Waals surface area contributed by atoms with E-state index in [0.29, 0.717) is 0 Å². The number of hydrogen-bond donors (Lipinski definition) is 0. The monoisotopic (exact) mass is 614 g/mol. The molecule has 2 nitrogen and oxygen atoms in total. The molecule has 2 heteroatoms. The quantitative estimate of drug-likeness (QED) is 0.181. The first-order valence-electron chi connectivity index (χ1n) is 16.8. The number of nitrogens with zero attached hydrogens (tertiary/aromatic N) is 2. The van der Waals surface area contributed by atoms with E-state index in [1.54, 1.807) is 0 Å². The number of fused-ring (bicyclic) bond motifs is 5. The normalized spacial score (nSPS) is 12.9. The lowest BCUT2D eigenvalue weighted by Gasteiger charge is -2.27. The Balaban J connectivity index is 1.25. The second-order valence-corrected chi connectivity index (χ2v) is 12.5. The number of benzene rings is 7. The van der Waals surface area contributed by atoms with Crippen LogP contribution in [0.15, 0.2) is 182 Å². The Morgan fingerprint density at radius 1 is 0.438 bits per heavy atom. The average Bonchev–Trinajstić information content (AvgIpc) is 3.52. The summed E-state index contributed by atoms with van der Waals surface area (Å²) < 4.78 is 2.39. The fourth-order valence-electron chi connectivity index (χ4n) is 7.35. The summed E-state index contributed by atoms with van der Waals surface area (Å²) in [6.07, 6.45) is 9.08. The lowest BCUT2D eigenvalue weighted by Crippen LogP contribution is -2.10. The van der Waals surface area contributed by atoms with Crippen molar-refractivity contribution >= 4 is 55.2 Å². The van der Waals surface area contributed by atoms with Gasteiger partial charge in [-0.1, -0.05) is 127 Å². The van der Waals surface area contributed by atoms with E-state index in [9.17, 15) is 0 Å². The van der Waals surface area contributed by atoms with Gasteiger partial charge in [-0.15, -0.1) is 0 Å². The highest BCUT2D eigenvalue weighted by Gasteiger charge is 2.20. The zero-order valence-electron chi connectivity index (χ0n) is 26.6. The molecule has 228 valence electrons. The number of rotatable bonds is 6. The summed E-state index contributed by atoms with van der Waals surface area (Å²) in [5, 5.41) is 5.00.